The largest absolute Gasteiger partial charge is 0.379 e. The van der Waals surface area contributed by atoms with Gasteiger partial charge in [0.2, 0.25) is 10.0 Å². The number of hydrogen-bond donors (Lipinski definition) is 2. The summed E-state index contributed by atoms with van der Waals surface area (Å²) in [5.74, 6) is 0. The fourth-order valence-corrected chi connectivity index (χ4v) is 2.74. The van der Waals surface area contributed by atoms with Gasteiger partial charge in [0.15, 0.2) is 0 Å². The number of anilines is 1. The molecule has 0 radical (unpaired) electrons. The van der Waals surface area contributed by atoms with E-state index in [1.807, 2.05) is 4.90 Å². The summed E-state index contributed by atoms with van der Waals surface area (Å²) in [5.41, 5.74) is -0.122. The van der Waals surface area contributed by atoms with Crippen molar-refractivity contribution in [2.75, 3.05) is 31.5 Å². The third kappa shape index (κ3) is 4.12. The molecule has 1 aromatic rings. The number of rotatable bonds is 7. The highest BCUT2D eigenvalue weighted by atomic mass is 32.2. The molecule has 1 fully saturated rings. The van der Waals surface area contributed by atoms with Gasteiger partial charge in [0.1, 0.15) is 11.9 Å². The Morgan fingerprint density at radius 1 is 1.45 bits per heavy atom. The highest BCUT2D eigenvalue weighted by Gasteiger charge is 2.25. The van der Waals surface area contributed by atoms with Crippen LogP contribution in [0.25, 0.3) is 0 Å². The number of nitro benzene ring substituents is 1. The monoisotopic (exact) mass is 332 g/mol. The molecule has 0 amide bonds. The van der Waals surface area contributed by atoms with Gasteiger partial charge in [-0.15, -0.1) is 0 Å². The van der Waals surface area contributed by atoms with Crippen molar-refractivity contribution in [3.63, 3.8) is 0 Å². The van der Waals surface area contributed by atoms with Crippen molar-refractivity contribution < 1.29 is 17.7 Å². The second-order valence-corrected chi connectivity index (χ2v) is 6.68. The van der Waals surface area contributed by atoms with Gasteiger partial charge < -0.3 is 5.32 Å². The fourth-order valence-electron chi connectivity index (χ4n) is 2.20. The SMILES string of the molecule is NS(=O)(=O)c1ccc(NCCCN2CC(F)C2)c([N+](=O)[O-])c1. The van der Waals surface area contributed by atoms with Crippen LogP contribution in [0.15, 0.2) is 23.1 Å². The van der Waals surface area contributed by atoms with Crippen LogP contribution in [0.3, 0.4) is 0 Å². The minimum absolute atomic E-state index is 0.226. The first-order chi connectivity index (χ1) is 10.3. The zero-order valence-electron chi connectivity index (χ0n) is 11.7. The van der Waals surface area contributed by atoms with Crippen LogP contribution < -0.4 is 10.5 Å². The molecule has 1 aliphatic heterocycles. The summed E-state index contributed by atoms with van der Waals surface area (Å²) in [4.78, 5) is 12.0. The average molecular weight is 332 g/mol. The number of likely N-dealkylation sites (tertiary alicyclic amines) is 1. The van der Waals surface area contributed by atoms with Crippen LogP contribution in [0.4, 0.5) is 15.8 Å². The van der Waals surface area contributed by atoms with Crippen molar-refractivity contribution in [3.8, 4) is 0 Å². The molecule has 0 unspecified atom stereocenters. The number of nitrogens with one attached hydrogen (secondary N) is 1. The van der Waals surface area contributed by atoms with Crippen LogP contribution in [0.2, 0.25) is 0 Å². The van der Waals surface area contributed by atoms with Gasteiger partial charge in [-0.1, -0.05) is 0 Å². The summed E-state index contributed by atoms with van der Waals surface area (Å²) in [6.45, 7) is 2.03. The second-order valence-electron chi connectivity index (χ2n) is 5.12. The molecule has 0 spiro atoms. The van der Waals surface area contributed by atoms with Crippen molar-refractivity contribution in [1.29, 1.82) is 0 Å². The Hall–Kier alpha value is -1.78. The van der Waals surface area contributed by atoms with E-state index in [9.17, 15) is 22.9 Å². The lowest BCUT2D eigenvalue weighted by molar-refractivity contribution is -0.384. The maximum atomic E-state index is 12.6. The number of nitro groups is 1. The zero-order chi connectivity index (χ0) is 16.3. The molecule has 1 aliphatic rings. The Labute approximate surface area is 127 Å². The van der Waals surface area contributed by atoms with Crippen molar-refractivity contribution >= 4 is 21.4 Å². The van der Waals surface area contributed by atoms with E-state index in [2.05, 4.69) is 5.32 Å². The molecular formula is C12H17FN4O4S. The van der Waals surface area contributed by atoms with Gasteiger partial charge in [-0.05, 0) is 18.6 Å². The van der Waals surface area contributed by atoms with Crippen LogP contribution in [-0.2, 0) is 10.0 Å². The Balaban J connectivity index is 1.96. The first kappa shape index (κ1) is 16.6. The lowest BCUT2D eigenvalue weighted by Gasteiger charge is -2.34. The normalized spacial score (nSPS) is 16.3. The Morgan fingerprint density at radius 3 is 2.68 bits per heavy atom. The van der Waals surface area contributed by atoms with Gasteiger partial charge in [-0.2, -0.15) is 0 Å². The van der Waals surface area contributed by atoms with Gasteiger partial charge in [0.05, 0.1) is 9.82 Å². The molecule has 0 saturated carbocycles. The minimum Gasteiger partial charge on any atom is -0.379 e. The van der Waals surface area contributed by atoms with Crippen LogP contribution in [0, 0.1) is 10.1 Å². The first-order valence-electron chi connectivity index (χ1n) is 6.69. The van der Waals surface area contributed by atoms with Crippen LogP contribution in [-0.4, -0.2) is 50.6 Å². The summed E-state index contributed by atoms with van der Waals surface area (Å²) in [7, 11) is -3.99. The first-order valence-corrected chi connectivity index (χ1v) is 8.23. The highest BCUT2D eigenvalue weighted by molar-refractivity contribution is 7.89. The maximum Gasteiger partial charge on any atom is 0.293 e. The number of hydrogen-bond acceptors (Lipinski definition) is 6. The van der Waals surface area contributed by atoms with Crippen molar-refractivity contribution in [1.82, 2.24) is 4.90 Å². The molecule has 0 aliphatic carbocycles. The smallest absolute Gasteiger partial charge is 0.293 e. The number of halogens is 1. The molecule has 8 nitrogen and oxygen atoms in total. The average Bonchev–Trinajstić information content (AvgIpc) is 2.39. The topological polar surface area (TPSA) is 119 Å². The molecule has 10 heteroatoms. The van der Waals surface area contributed by atoms with Crippen LogP contribution in [0.1, 0.15) is 6.42 Å². The van der Waals surface area contributed by atoms with E-state index < -0.39 is 21.1 Å². The van der Waals surface area contributed by atoms with E-state index in [4.69, 9.17) is 5.14 Å². The van der Waals surface area contributed by atoms with Crippen LogP contribution in [0.5, 0.6) is 0 Å². The fraction of sp³-hybridized carbons (Fsp3) is 0.500. The van der Waals surface area contributed by atoms with Gasteiger partial charge in [0.25, 0.3) is 5.69 Å². The standard InChI is InChI=1S/C12H17FN4O4S/c13-9-7-16(8-9)5-1-4-15-11-3-2-10(22(14,20)21)6-12(11)17(18)19/h2-3,6,9,15H,1,4-5,7-8H2,(H2,14,20,21). The Kier molecular flexibility index (Phi) is 4.94. The molecule has 1 aromatic carbocycles. The number of sulfonamides is 1. The van der Waals surface area contributed by atoms with E-state index >= 15 is 0 Å². The molecule has 122 valence electrons. The molecule has 2 rings (SSSR count). The molecular weight excluding hydrogens is 315 g/mol. The van der Waals surface area contributed by atoms with E-state index in [-0.39, 0.29) is 16.3 Å². The number of nitrogens with two attached hydrogens (primary N) is 1. The zero-order valence-corrected chi connectivity index (χ0v) is 12.6. The quantitative estimate of drug-likeness (QED) is 0.431. The number of alkyl halides is 1. The van der Waals surface area contributed by atoms with Gasteiger partial charge >= 0.3 is 0 Å². The summed E-state index contributed by atoms with van der Waals surface area (Å²) in [6.07, 6.45) is -0.0549. The third-order valence-electron chi connectivity index (χ3n) is 3.37. The third-order valence-corrected chi connectivity index (χ3v) is 4.28. The summed E-state index contributed by atoms with van der Waals surface area (Å²) >= 11 is 0. The van der Waals surface area contributed by atoms with E-state index in [1.165, 1.54) is 12.1 Å². The summed E-state index contributed by atoms with van der Waals surface area (Å²) in [5, 5.41) is 18.9. The summed E-state index contributed by atoms with van der Waals surface area (Å²) < 4.78 is 35.1. The molecule has 1 saturated heterocycles. The predicted octanol–water partition coefficient (Wildman–Crippen LogP) is 0.698. The number of nitrogens with zero attached hydrogens (tertiary/aromatic N) is 2. The van der Waals surface area contributed by atoms with Crippen molar-refractivity contribution in [2.45, 2.75) is 17.5 Å². The maximum absolute atomic E-state index is 12.6. The lowest BCUT2D eigenvalue weighted by atomic mass is 10.2. The van der Waals surface area contributed by atoms with E-state index in [0.717, 1.165) is 6.07 Å². The van der Waals surface area contributed by atoms with Gasteiger partial charge in [-0.3, -0.25) is 15.0 Å². The van der Waals surface area contributed by atoms with E-state index in [0.29, 0.717) is 32.6 Å². The van der Waals surface area contributed by atoms with Crippen molar-refractivity contribution in [3.05, 3.63) is 28.3 Å². The molecule has 1 heterocycles. The van der Waals surface area contributed by atoms with Gasteiger partial charge in [0, 0.05) is 32.2 Å². The van der Waals surface area contributed by atoms with E-state index in [1.54, 1.807) is 0 Å². The number of benzene rings is 1. The molecule has 0 bridgehead atoms. The van der Waals surface area contributed by atoms with Crippen LogP contribution >= 0.6 is 0 Å². The molecule has 22 heavy (non-hydrogen) atoms. The molecule has 3 N–H and O–H groups in total. The lowest BCUT2D eigenvalue weighted by Crippen LogP contribution is -2.48. The minimum atomic E-state index is -3.99. The summed E-state index contributed by atoms with van der Waals surface area (Å²) in [6, 6.07) is 3.47. The highest BCUT2D eigenvalue weighted by Crippen LogP contribution is 2.27. The predicted molar refractivity (Wildman–Crippen MR) is 78.9 cm³/mol. The Morgan fingerprint density at radius 2 is 2.14 bits per heavy atom. The number of primary sulfonamides is 1. The van der Waals surface area contributed by atoms with Crippen molar-refractivity contribution in [2.24, 2.45) is 5.14 Å². The Bertz CT molecular complexity index is 661. The molecule has 0 atom stereocenters. The van der Waals surface area contributed by atoms with Gasteiger partial charge in [-0.25, -0.2) is 17.9 Å². The second kappa shape index (κ2) is 6.55. The molecule has 0 aromatic heterocycles.